The van der Waals surface area contributed by atoms with Crippen molar-refractivity contribution >= 4 is 11.9 Å². The molecule has 140 valence electrons. The Hall–Kier alpha value is -2.94. The van der Waals surface area contributed by atoms with Gasteiger partial charge in [-0.2, -0.15) is 4.98 Å². The smallest absolute Gasteiger partial charge is 0.308 e. The second-order valence-corrected chi connectivity index (χ2v) is 5.58. The third kappa shape index (κ3) is 5.85. The maximum Gasteiger partial charge on any atom is 0.308 e. The van der Waals surface area contributed by atoms with E-state index in [-0.39, 0.29) is 32.1 Å². The Labute approximate surface area is 150 Å². The monoisotopic (exact) mass is 363 g/mol. The molecule has 1 amide bonds. The molecule has 0 saturated carbocycles. The first-order valence-corrected chi connectivity index (χ1v) is 7.98. The van der Waals surface area contributed by atoms with Crippen molar-refractivity contribution in [3.05, 3.63) is 41.5 Å². The number of hydrogen-bond donors (Lipinski definition) is 2. The Bertz CT molecular complexity index is 746. The molecule has 1 heterocycles. The number of ether oxygens (including phenoxy) is 2. The first kappa shape index (κ1) is 19.4. The number of carboxylic acid groups (broad SMARTS) is 1. The van der Waals surface area contributed by atoms with E-state index in [1.807, 2.05) is 12.1 Å². The molecule has 1 aromatic heterocycles. The van der Waals surface area contributed by atoms with Gasteiger partial charge in [-0.25, -0.2) is 0 Å². The number of rotatable bonds is 10. The van der Waals surface area contributed by atoms with E-state index in [0.29, 0.717) is 11.6 Å². The van der Waals surface area contributed by atoms with Crippen molar-refractivity contribution in [3.8, 4) is 5.75 Å². The molecule has 0 spiro atoms. The van der Waals surface area contributed by atoms with Gasteiger partial charge in [0.25, 0.3) is 5.89 Å². The Morgan fingerprint density at radius 2 is 2.12 bits per heavy atom. The highest BCUT2D eigenvalue weighted by Gasteiger charge is 2.20. The van der Waals surface area contributed by atoms with Gasteiger partial charge in [0.2, 0.25) is 5.91 Å². The van der Waals surface area contributed by atoms with Gasteiger partial charge in [-0.05, 0) is 25.0 Å². The number of nitrogens with one attached hydrogen (secondary N) is 1. The molecule has 26 heavy (non-hydrogen) atoms. The number of aryl methyl sites for hydroxylation is 1. The van der Waals surface area contributed by atoms with E-state index in [1.54, 1.807) is 19.1 Å². The summed E-state index contributed by atoms with van der Waals surface area (Å²) in [6.45, 7) is 1.43. The van der Waals surface area contributed by atoms with Gasteiger partial charge in [0, 0.05) is 6.54 Å². The standard InChI is InChI=1S/C17H21N3O6/c1-11-19-16(26-20-11)10-25-9-15(21)18-8-13(17(22)23)7-12-5-3-4-6-14(12)24-2/h3-6,13H,7-10H2,1-2H3,(H,18,21)(H,22,23). The quantitative estimate of drug-likeness (QED) is 0.640. The summed E-state index contributed by atoms with van der Waals surface area (Å²) in [4.78, 5) is 27.2. The first-order valence-electron chi connectivity index (χ1n) is 7.98. The average Bonchev–Trinajstić information content (AvgIpc) is 3.03. The fraction of sp³-hybridized carbons (Fsp3) is 0.412. The Morgan fingerprint density at radius 1 is 1.35 bits per heavy atom. The summed E-state index contributed by atoms with van der Waals surface area (Å²) in [6, 6.07) is 7.18. The van der Waals surface area contributed by atoms with Crippen molar-refractivity contribution < 1.29 is 28.7 Å². The molecule has 2 rings (SSSR count). The summed E-state index contributed by atoms with van der Waals surface area (Å²) in [5.41, 5.74) is 0.764. The normalized spacial score (nSPS) is 11.8. The molecule has 0 aliphatic rings. The number of aliphatic carboxylic acids is 1. The number of carbonyl (C=O) groups is 2. The number of methoxy groups -OCH3 is 1. The van der Waals surface area contributed by atoms with E-state index < -0.39 is 17.8 Å². The molecule has 9 heteroatoms. The molecular weight excluding hydrogens is 342 g/mol. The molecule has 2 aromatic rings. The van der Waals surface area contributed by atoms with Gasteiger partial charge < -0.3 is 24.4 Å². The van der Waals surface area contributed by atoms with Gasteiger partial charge in [-0.1, -0.05) is 23.4 Å². The van der Waals surface area contributed by atoms with Crippen LogP contribution in [0.3, 0.4) is 0 Å². The molecule has 0 aliphatic heterocycles. The van der Waals surface area contributed by atoms with Crippen LogP contribution in [0.2, 0.25) is 0 Å². The number of nitrogens with zero attached hydrogens (tertiary/aromatic N) is 2. The molecule has 0 aliphatic carbocycles. The van der Waals surface area contributed by atoms with Crippen LogP contribution in [0.4, 0.5) is 0 Å². The van der Waals surface area contributed by atoms with Crippen LogP contribution >= 0.6 is 0 Å². The third-order valence-corrected chi connectivity index (χ3v) is 3.58. The first-order chi connectivity index (χ1) is 12.5. The second kappa shape index (κ2) is 9.52. The fourth-order valence-corrected chi connectivity index (χ4v) is 2.30. The summed E-state index contributed by atoms with van der Waals surface area (Å²) in [5, 5.41) is 15.6. The number of para-hydroxylation sites is 1. The van der Waals surface area contributed by atoms with Crippen LogP contribution in [-0.4, -0.2) is 47.4 Å². The summed E-state index contributed by atoms with van der Waals surface area (Å²) in [5.74, 6) is -0.841. The lowest BCUT2D eigenvalue weighted by Crippen LogP contribution is -2.36. The van der Waals surface area contributed by atoms with Crippen LogP contribution in [0.15, 0.2) is 28.8 Å². The molecule has 1 unspecified atom stereocenters. The van der Waals surface area contributed by atoms with Crippen molar-refractivity contribution in [2.75, 3.05) is 20.3 Å². The minimum Gasteiger partial charge on any atom is -0.496 e. The number of aromatic nitrogens is 2. The van der Waals surface area contributed by atoms with E-state index in [2.05, 4.69) is 15.5 Å². The molecule has 0 fully saturated rings. The third-order valence-electron chi connectivity index (χ3n) is 3.58. The van der Waals surface area contributed by atoms with E-state index in [1.165, 1.54) is 7.11 Å². The molecule has 0 radical (unpaired) electrons. The van der Waals surface area contributed by atoms with Crippen LogP contribution in [-0.2, 0) is 27.4 Å². The zero-order valence-corrected chi connectivity index (χ0v) is 14.6. The predicted molar refractivity (Wildman–Crippen MR) is 89.5 cm³/mol. The van der Waals surface area contributed by atoms with E-state index in [4.69, 9.17) is 14.0 Å². The maximum absolute atomic E-state index is 11.8. The Morgan fingerprint density at radius 3 is 2.77 bits per heavy atom. The zero-order chi connectivity index (χ0) is 18.9. The molecule has 9 nitrogen and oxygen atoms in total. The average molecular weight is 363 g/mol. The Kier molecular flexibility index (Phi) is 7.10. The number of hydrogen-bond acceptors (Lipinski definition) is 7. The fourth-order valence-electron chi connectivity index (χ4n) is 2.30. The van der Waals surface area contributed by atoms with Gasteiger partial charge in [0.1, 0.15) is 19.0 Å². The van der Waals surface area contributed by atoms with E-state index >= 15 is 0 Å². The number of carbonyl (C=O) groups excluding carboxylic acids is 1. The number of carboxylic acids is 1. The van der Waals surface area contributed by atoms with Gasteiger partial charge in [0.15, 0.2) is 5.82 Å². The van der Waals surface area contributed by atoms with Crippen molar-refractivity contribution in [3.63, 3.8) is 0 Å². The van der Waals surface area contributed by atoms with Crippen LogP contribution in [0.1, 0.15) is 17.3 Å². The molecule has 2 N–H and O–H groups in total. The number of amides is 1. The summed E-state index contributed by atoms with van der Waals surface area (Å²) in [6.07, 6.45) is 0.238. The lowest BCUT2D eigenvalue weighted by atomic mass is 9.98. The van der Waals surface area contributed by atoms with Crippen LogP contribution in [0, 0.1) is 12.8 Å². The van der Waals surface area contributed by atoms with Gasteiger partial charge in [0.05, 0.1) is 13.0 Å². The highest BCUT2D eigenvalue weighted by Crippen LogP contribution is 2.20. The molecule has 1 atom stereocenters. The highest BCUT2D eigenvalue weighted by molar-refractivity contribution is 5.78. The van der Waals surface area contributed by atoms with Crippen molar-refractivity contribution in [2.24, 2.45) is 5.92 Å². The summed E-state index contributed by atoms with van der Waals surface area (Å²) in [7, 11) is 1.53. The second-order valence-electron chi connectivity index (χ2n) is 5.58. The summed E-state index contributed by atoms with van der Waals surface area (Å²) >= 11 is 0. The molecule has 0 saturated heterocycles. The van der Waals surface area contributed by atoms with E-state index in [0.717, 1.165) is 5.56 Å². The van der Waals surface area contributed by atoms with Crippen LogP contribution in [0.25, 0.3) is 0 Å². The lowest BCUT2D eigenvalue weighted by Gasteiger charge is -2.15. The molecule has 0 bridgehead atoms. The minimum atomic E-state index is -1.00. The van der Waals surface area contributed by atoms with Crippen molar-refractivity contribution in [1.29, 1.82) is 0 Å². The van der Waals surface area contributed by atoms with Gasteiger partial charge in [-0.3, -0.25) is 9.59 Å². The largest absolute Gasteiger partial charge is 0.496 e. The van der Waals surface area contributed by atoms with E-state index in [9.17, 15) is 14.7 Å². The topological polar surface area (TPSA) is 124 Å². The lowest BCUT2D eigenvalue weighted by molar-refractivity contribution is -0.141. The SMILES string of the molecule is COc1ccccc1CC(CNC(=O)COCc1nc(C)no1)C(=O)O. The van der Waals surface area contributed by atoms with Crippen LogP contribution in [0.5, 0.6) is 5.75 Å². The predicted octanol–water partition coefficient (Wildman–Crippen LogP) is 0.963. The summed E-state index contributed by atoms with van der Waals surface area (Å²) < 4.78 is 15.3. The maximum atomic E-state index is 11.8. The number of benzene rings is 1. The molecule has 1 aromatic carbocycles. The van der Waals surface area contributed by atoms with Crippen molar-refractivity contribution in [2.45, 2.75) is 20.0 Å². The minimum absolute atomic E-state index is 0.0117. The van der Waals surface area contributed by atoms with Crippen LogP contribution < -0.4 is 10.1 Å². The zero-order valence-electron chi connectivity index (χ0n) is 14.6. The van der Waals surface area contributed by atoms with Gasteiger partial charge in [-0.15, -0.1) is 0 Å². The molecular formula is C17H21N3O6. The Balaban J connectivity index is 1.80. The van der Waals surface area contributed by atoms with Crippen molar-refractivity contribution in [1.82, 2.24) is 15.5 Å². The van der Waals surface area contributed by atoms with Gasteiger partial charge >= 0.3 is 5.97 Å². The highest BCUT2D eigenvalue weighted by atomic mass is 16.5.